The Kier molecular flexibility index (Phi) is 5.37. The number of rotatable bonds is 6. The minimum atomic E-state index is 0.833. The summed E-state index contributed by atoms with van der Waals surface area (Å²) in [5.41, 5.74) is 4.04. The largest absolute Gasteiger partial charge is 0.385 e. The SMILES string of the molecule is COCCCNCc1cc(C)cc(C)c1. The Bertz CT molecular complexity index is 276. The average Bonchev–Trinajstić information content (AvgIpc) is 2.16. The van der Waals surface area contributed by atoms with Crippen molar-refractivity contribution in [3.05, 3.63) is 34.9 Å². The lowest BCUT2D eigenvalue weighted by atomic mass is 10.1. The molecule has 0 unspecified atom stereocenters. The van der Waals surface area contributed by atoms with Crippen LogP contribution in [0.25, 0.3) is 0 Å². The molecule has 1 aromatic rings. The molecule has 2 heteroatoms. The zero-order valence-corrected chi connectivity index (χ0v) is 9.97. The van der Waals surface area contributed by atoms with Gasteiger partial charge in [0.15, 0.2) is 0 Å². The summed E-state index contributed by atoms with van der Waals surface area (Å²) in [6.45, 7) is 7.08. The van der Waals surface area contributed by atoms with Crippen molar-refractivity contribution < 1.29 is 4.74 Å². The fourth-order valence-corrected chi connectivity index (χ4v) is 1.75. The number of benzene rings is 1. The summed E-state index contributed by atoms with van der Waals surface area (Å²) < 4.78 is 4.99. The molecule has 1 aromatic carbocycles. The lowest BCUT2D eigenvalue weighted by Crippen LogP contribution is -2.16. The molecule has 1 rings (SSSR count). The van der Waals surface area contributed by atoms with Crippen LogP contribution in [0, 0.1) is 13.8 Å². The summed E-state index contributed by atoms with van der Waals surface area (Å²) >= 11 is 0. The van der Waals surface area contributed by atoms with Crippen molar-refractivity contribution >= 4 is 0 Å². The van der Waals surface area contributed by atoms with Crippen LogP contribution in [0.3, 0.4) is 0 Å². The molecule has 15 heavy (non-hydrogen) atoms. The van der Waals surface area contributed by atoms with Gasteiger partial charge in [-0.15, -0.1) is 0 Å². The van der Waals surface area contributed by atoms with Gasteiger partial charge in [-0.2, -0.15) is 0 Å². The van der Waals surface area contributed by atoms with E-state index < -0.39 is 0 Å². The topological polar surface area (TPSA) is 21.3 Å². The monoisotopic (exact) mass is 207 g/mol. The van der Waals surface area contributed by atoms with Crippen molar-refractivity contribution in [1.29, 1.82) is 0 Å². The van der Waals surface area contributed by atoms with Gasteiger partial charge in [-0.3, -0.25) is 0 Å². The third-order valence-electron chi connectivity index (χ3n) is 2.31. The van der Waals surface area contributed by atoms with Gasteiger partial charge in [0.05, 0.1) is 0 Å². The maximum atomic E-state index is 4.99. The second-order valence-corrected chi connectivity index (χ2v) is 4.02. The highest BCUT2D eigenvalue weighted by molar-refractivity contribution is 5.28. The summed E-state index contributed by atoms with van der Waals surface area (Å²) in [6, 6.07) is 6.67. The Morgan fingerprint density at radius 1 is 1.13 bits per heavy atom. The predicted octanol–water partition coefficient (Wildman–Crippen LogP) is 2.43. The van der Waals surface area contributed by atoms with E-state index >= 15 is 0 Å². The quantitative estimate of drug-likeness (QED) is 0.723. The highest BCUT2D eigenvalue weighted by Gasteiger charge is 1.95. The van der Waals surface area contributed by atoms with E-state index in [-0.39, 0.29) is 0 Å². The molecule has 0 aromatic heterocycles. The molecule has 1 N–H and O–H groups in total. The Labute approximate surface area is 92.6 Å². The number of ether oxygens (including phenoxy) is 1. The Morgan fingerprint density at radius 3 is 2.40 bits per heavy atom. The van der Waals surface area contributed by atoms with Crippen LogP contribution in [0.15, 0.2) is 18.2 Å². The van der Waals surface area contributed by atoms with Crippen molar-refractivity contribution in [2.45, 2.75) is 26.8 Å². The van der Waals surface area contributed by atoms with Crippen molar-refractivity contribution in [3.8, 4) is 0 Å². The van der Waals surface area contributed by atoms with Gasteiger partial charge in [0.25, 0.3) is 0 Å². The van der Waals surface area contributed by atoms with E-state index in [1.807, 2.05) is 0 Å². The highest BCUT2D eigenvalue weighted by Crippen LogP contribution is 2.08. The number of hydrogen-bond donors (Lipinski definition) is 1. The van der Waals surface area contributed by atoms with Gasteiger partial charge >= 0.3 is 0 Å². The Balaban J connectivity index is 2.31. The average molecular weight is 207 g/mol. The normalized spacial score (nSPS) is 10.6. The molecule has 0 atom stereocenters. The summed E-state index contributed by atoms with van der Waals surface area (Å²) in [6.07, 6.45) is 1.07. The third kappa shape index (κ3) is 4.96. The molecule has 0 bridgehead atoms. The van der Waals surface area contributed by atoms with E-state index in [0.29, 0.717) is 0 Å². The maximum Gasteiger partial charge on any atom is 0.0474 e. The van der Waals surface area contributed by atoms with E-state index in [0.717, 1.165) is 26.1 Å². The van der Waals surface area contributed by atoms with Crippen molar-refractivity contribution in [2.75, 3.05) is 20.3 Å². The van der Waals surface area contributed by atoms with E-state index in [2.05, 4.69) is 37.4 Å². The van der Waals surface area contributed by atoms with Gasteiger partial charge in [-0.05, 0) is 32.4 Å². The zero-order valence-electron chi connectivity index (χ0n) is 9.97. The zero-order chi connectivity index (χ0) is 11.1. The summed E-state index contributed by atoms with van der Waals surface area (Å²) in [5, 5.41) is 3.41. The summed E-state index contributed by atoms with van der Waals surface area (Å²) in [4.78, 5) is 0. The molecule has 0 aliphatic heterocycles. The molecule has 0 fully saturated rings. The van der Waals surface area contributed by atoms with Gasteiger partial charge in [0, 0.05) is 20.3 Å². The first-order chi connectivity index (χ1) is 7.22. The molecule has 0 aliphatic carbocycles. The molecule has 84 valence electrons. The number of methoxy groups -OCH3 is 1. The lowest BCUT2D eigenvalue weighted by Gasteiger charge is -2.06. The van der Waals surface area contributed by atoms with Gasteiger partial charge in [0.2, 0.25) is 0 Å². The van der Waals surface area contributed by atoms with Crippen molar-refractivity contribution in [3.63, 3.8) is 0 Å². The first-order valence-corrected chi connectivity index (χ1v) is 5.49. The first-order valence-electron chi connectivity index (χ1n) is 5.49. The van der Waals surface area contributed by atoms with Crippen LogP contribution in [-0.4, -0.2) is 20.3 Å². The highest BCUT2D eigenvalue weighted by atomic mass is 16.5. The van der Waals surface area contributed by atoms with E-state index in [1.54, 1.807) is 7.11 Å². The molecule has 0 spiro atoms. The Hall–Kier alpha value is -0.860. The van der Waals surface area contributed by atoms with Crippen LogP contribution >= 0.6 is 0 Å². The molecule has 0 amide bonds. The number of nitrogens with one attached hydrogen (secondary N) is 1. The molecule has 0 radical (unpaired) electrons. The van der Waals surface area contributed by atoms with Crippen LogP contribution in [0.1, 0.15) is 23.1 Å². The maximum absolute atomic E-state index is 4.99. The van der Waals surface area contributed by atoms with Crippen LogP contribution in [0.4, 0.5) is 0 Å². The van der Waals surface area contributed by atoms with E-state index in [4.69, 9.17) is 4.74 Å². The first kappa shape index (κ1) is 12.2. The molecular weight excluding hydrogens is 186 g/mol. The van der Waals surface area contributed by atoms with Gasteiger partial charge < -0.3 is 10.1 Å². The second kappa shape index (κ2) is 6.59. The van der Waals surface area contributed by atoms with Crippen molar-refractivity contribution in [1.82, 2.24) is 5.32 Å². The smallest absolute Gasteiger partial charge is 0.0474 e. The van der Waals surface area contributed by atoms with Crippen molar-refractivity contribution in [2.24, 2.45) is 0 Å². The fourth-order valence-electron chi connectivity index (χ4n) is 1.75. The molecular formula is C13H21NO. The number of aryl methyl sites for hydroxylation is 2. The van der Waals surface area contributed by atoms with E-state index in [1.165, 1.54) is 16.7 Å². The molecule has 0 aliphatic rings. The minimum absolute atomic E-state index is 0.833. The predicted molar refractivity (Wildman–Crippen MR) is 64.1 cm³/mol. The van der Waals surface area contributed by atoms with Crippen LogP contribution in [0.2, 0.25) is 0 Å². The lowest BCUT2D eigenvalue weighted by molar-refractivity contribution is 0.194. The molecule has 0 saturated carbocycles. The molecule has 2 nitrogen and oxygen atoms in total. The van der Waals surface area contributed by atoms with E-state index in [9.17, 15) is 0 Å². The van der Waals surface area contributed by atoms with Gasteiger partial charge in [-0.25, -0.2) is 0 Å². The number of hydrogen-bond acceptors (Lipinski definition) is 2. The standard InChI is InChI=1S/C13H21NO/c1-11-7-12(2)9-13(8-11)10-14-5-4-6-15-3/h7-9,14H,4-6,10H2,1-3H3. The van der Waals surface area contributed by atoms with Crippen LogP contribution < -0.4 is 5.32 Å². The van der Waals surface area contributed by atoms with Gasteiger partial charge in [0.1, 0.15) is 0 Å². The summed E-state index contributed by atoms with van der Waals surface area (Å²) in [5.74, 6) is 0. The Morgan fingerprint density at radius 2 is 1.80 bits per heavy atom. The summed E-state index contributed by atoms with van der Waals surface area (Å²) in [7, 11) is 1.74. The molecule has 0 heterocycles. The third-order valence-corrected chi connectivity index (χ3v) is 2.31. The fraction of sp³-hybridized carbons (Fsp3) is 0.538. The van der Waals surface area contributed by atoms with Crippen LogP contribution in [0.5, 0.6) is 0 Å². The van der Waals surface area contributed by atoms with Gasteiger partial charge in [-0.1, -0.05) is 29.3 Å². The van der Waals surface area contributed by atoms with Crippen LogP contribution in [-0.2, 0) is 11.3 Å². The molecule has 0 saturated heterocycles. The minimum Gasteiger partial charge on any atom is -0.385 e. The second-order valence-electron chi connectivity index (χ2n) is 4.02.